The standard InChI is InChI=1S/C30H29N7O3/c1-20-28(30(39)37(35(20)2)22-6-4-3-5-7-22)29(38)34-21-8-10-23(11-9-21)40-26-12-13-32-25-19-33-27(18-24(25)26)36-16-14-31-15-17-36/h3-13,18-19,31H,14-17H2,1-2H3,(H,34,38). The number of hydrogen-bond donors (Lipinski definition) is 2. The molecule has 1 amide bonds. The molecule has 5 aromatic rings. The van der Waals surface area contributed by atoms with Gasteiger partial charge in [0, 0.05) is 50.5 Å². The van der Waals surface area contributed by atoms with Crippen LogP contribution in [0.3, 0.4) is 0 Å². The van der Waals surface area contributed by atoms with Crippen LogP contribution in [0.4, 0.5) is 11.5 Å². The van der Waals surface area contributed by atoms with Crippen LogP contribution < -0.4 is 25.8 Å². The number of hydrogen-bond acceptors (Lipinski definition) is 7. The Labute approximate surface area is 230 Å². The molecular weight excluding hydrogens is 506 g/mol. The van der Waals surface area contributed by atoms with Crippen molar-refractivity contribution in [2.24, 2.45) is 7.05 Å². The molecule has 1 aliphatic rings. The van der Waals surface area contributed by atoms with Gasteiger partial charge in [0.25, 0.3) is 11.5 Å². The van der Waals surface area contributed by atoms with Gasteiger partial charge in [0.2, 0.25) is 0 Å². The van der Waals surface area contributed by atoms with E-state index < -0.39 is 5.91 Å². The molecule has 1 saturated heterocycles. The predicted molar refractivity (Wildman–Crippen MR) is 155 cm³/mol. The highest BCUT2D eigenvalue weighted by atomic mass is 16.5. The first-order valence-electron chi connectivity index (χ1n) is 13.1. The molecule has 0 bridgehead atoms. The highest BCUT2D eigenvalue weighted by Crippen LogP contribution is 2.31. The maximum absolute atomic E-state index is 13.2. The molecule has 2 N–H and O–H groups in total. The van der Waals surface area contributed by atoms with Crippen molar-refractivity contribution in [3.8, 4) is 17.2 Å². The third kappa shape index (κ3) is 4.80. The summed E-state index contributed by atoms with van der Waals surface area (Å²) in [5, 5.41) is 7.08. The molecule has 0 unspecified atom stereocenters. The lowest BCUT2D eigenvalue weighted by Gasteiger charge is -2.28. The van der Waals surface area contributed by atoms with Crippen LogP contribution in [-0.4, -0.2) is 51.4 Å². The Bertz CT molecular complexity index is 1740. The zero-order valence-electron chi connectivity index (χ0n) is 22.3. The Morgan fingerprint density at radius 1 is 1.00 bits per heavy atom. The van der Waals surface area contributed by atoms with E-state index in [1.165, 1.54) is 4.68 Å². The second kappa shape index (κ2) is 10.7. The summed E-state index contributed by atoms with van der Waals surface area (Å²) in [4.78, 5) is 37.6. The summed E-state index contributed by atoms with van der Waals surface area (Å²) in [5.74, 6) is 1.71. The van der Waals surface area contributed by atoms with Crippen molar-refractivity contribution in [2.45, 2.75) is 6.92 Å². The summed E-state index contributed by atoms with van der Waals surface area (Å²) in [6.45, 7) is 5.39. The number of rotatable bonds is 6. The number of carbonyl (C=O) groups is 1. The first kappa shape index (κ1) is 25.3. The number of para-hydroxylation sites is 1. The van der Waals surface area contributed by atoms with E-state index in [4.69, 9.17) is 4.74 Å². The molecule has 6 rings (SSSR count). The summed E-state index contributed by atoms with van der Waals surface area (Å²) in [7, 11) is 1.76. The van der Waals surface area contributed by atoms with Crippen LogP contribution in [0.15, 0.2) is 83.9 Å². The number of pyridine rings is 2. The third-order valence-corrected chi connectivity index (χ3v) is 7.14. The Morgan fingerprint density at radius 3 is 2.50 bits per heavy atom. The molecule has 202 valence electrons. The molecule has 0 radical (unpaired) electrons. The van der Waals surface area contributed by atoms with Crippen molar-refractivity contribution >= 4 is 28.3 Å². The second-order valence-electron chi connectivity index (χ2n) is 9.62. The fraction of sp³-hybridized carbons (Fsp3) is 0.200. The van der Waals surface area contributed by atoms with Gasteiger partial charge in [-0.05, 0) is 55.5 Å². The lowest BCUT2D eigenvalue weighted by atomic mass is 10.2. The largest absolute Gasteiger partial charge is 0.457 e. The van der Waals surface area contributed by atoms with Gasteiger partial charge in [0.15, 0.2) is 0 Å². The van der Waals surface area contributed by atoms with E-state index in [1.807, 2.05) is 42.5 Å². The van der Waals surface area contributed by atoms with E-state index in [9.17, 15) is 9.59 Å². The minimum atomic E-state index is -0.463. The lowest BCUT2D eigenvalue weighted by molar-refractivity contribution is 0.102. The number of anilines is 2. The fourth-order valence-corrected chi connectivity index (χ4v) is 4.92. The van der Waals surface area contributed by atoms with Gasteiger partial charge < -0.3 is 20.3 Å². The van der Waals surface area contributed by atoms with Crippen molar-refractivity contribution < 1.29 is 9.53 Å². The molecule has 3 aromatic heterocycles. The smallest absolute Gasteiger partial charge is 0.284 e. The number of piperazine rings is 1. The van der Waals surface area contributed by atoms with Crippen LogP contribution in [0.5, 0.6) is 11.5 Å². The van der Waals surface area contributed by atoms with Crippen LogP contribution >= 0.6 is 0 Å². The summed E-state index contributed by atoms with van der Waals surface area (Å²) in [6.07, 6.45) is 3.47. The van der Waals surface area contributed by atoms with Crippen LogP contribution in [-0.2, 0) is 7.05 Å². The average molecular weight is 536 g/mol. The molecular formula is C30H29N7O3. The second-order valence-corrected chi connectivity index (χ2v) is 9.62. The molecule has 0 spiro atoms. The van der Waals surface area contributed by atoms with Crippen molar-refractivity contribution in [2.75, 3.05) is 36.4 Å². The molecule has 0 saturated carbocycles. The number of ether oxygens (including phenoxy) is 1. The molecule has 1 fully saturated rings. The maximum Gasteiger partial charge on any atom is 0.284 e. The van der Waals surface area contributed by atoms with E-state index >= 15 is 0 Å². The van der Waals surface area contributed by atoms with E-state index in [0.29, 0.717) is 28.6 Å². The van der Waals surface area contributed by atoms with Crippen molar-refractivity contribution in [1.29, 1.82) is 0 Å². The minimum absolute atomic E-state index is 0.101. The number of nitrogens with one attached hydrogen (secondary N) is 2. The van der Waals surface area contributed by atoms with Crippen molar-refractivity contribution in [3.05, 3.63) is 101 Å². The van der Waals surface area contributed by atoms with Gasteiger partial charge in [-0.2, -0.15) is 0 Å². The predicted octanol–water partition coefficient (Wildman–Crippen LogP) is 3.88. The molecule has 2 aromatic carbocycles. The quantitative estimate of drug-likeness (QED) is 0.340. The first-order chi connectivity index (χ1) is 19.5. The number of amides is 1. The Kier molecular flexibility index (Phi) is 6.75. The van der Waals surface area contributed by atoms with Gasteiger partial charge in [-0.15, -0.1) is 0 Å². The summed E-state index contributed by atoms with van der Waals surface area (Å²) < 4.78 is 9.39. The molecule has 10 heteroatoms. The number of fused-ring (bicyclic) bond motifs is 1. The number of carbonyl (C=O) groups excluding carboxylic acids is 1. The van der Waals surface area contributed by atoms with Crippen LogP contribution in [0, 0.1) is 6.92 Å². The fourth-order valence-electron chi connectivity index (χ4n) is 4.92. The maximum atomic E-state index is 13.2. The van der Waals surface area contributed by atoms with E-state index in [0.717, 1.165) is 42.9 Å². The molecule has 0 aliphatic carbocycles. The Morgan fingerprint density at radius 2 is 1.75 bits per heavy atom. The van der Waals surface area contributed by atoms with Gasteiger partial charge in [-0.25, -0.2) is 9.67 Å². The van der Waals surface area contributed by atoms with Crippen LogP contribution in [0.1, 0.15) is 16.1 Å². The summed E-state index contributed by atoms with van der Waals surface area (Å²) in [5.41, 5.74) is 2.30. The topological polar surface area (TPSA) is 106 Å². The van der Waals surface area contributed by atoms with E-state index in [2.05, 4.69) is 25.5 Å². The molecule has 0 atom stereocenters. The number of nitrogens with zero attached hydrogens (tertiary/aromatic N) is 5. The molecule has 1 aliphatic heterocycles. The van der Waals surface area contributed by atoms with E-state index in [-0.39, 0.29) is 11.1 Å². The summed E-state index contributed by atoms with van der Waals surface area (Å²) in [6, 6.07) is 20.1. The highest BCUT2D eigenvalue weighted by Gasteiger charge is 2.22. The van der Waals surface area contributed by atoms with Gasteiger partial charge in [0.05, 0.1) is 23.1 Å². The molecule has 10 nitrogen and oxygen atoms in total. The SMILES string of the molecule is Cc1c(C(=O)Nc2ccc(Oc3ccnc4cnc(N5CCNCC5)cc34)cc2)c(=O)n(-c2ccccc2)n1C. The van der Waals surface area contributed by atoms with Crippen molar-refractivity contribution in [1.82, 2.24) is 24.6 Å². The zero-order valence-corrected chi connectivity index (χ0v) is 22.3. The van der Waals surface area contributed by atoms with Crippen LogP contribution in [0.2, 0.25) is 0 Å². The Hall–Kier alpha value is -4.96. The minimum Gasteiger partial charge on any atom is -0.457 e. The normalized spacial score (nSPS) is 13.4. The highest BCUT2D eigenvalue weighted by molar-refractivity contribution is 6.05. The molecule has 40 heavy (non-hydrogen) atoms. The summed E-state index contributed by atoms with van der Waals surface area (Å²) >= 11 is 0. The van der Waals surface area contributed by atoms with Gasteiger partial charge in [-0.1, -0.05) is 18.2 Å². The monoisotopic (exact) mass is 535 g/mol. The third-order valence-electron chi connectivity index (χ3n) is 7.14. The zero-order chi connectivity index (χ0) is 27.6. The number of aromatic nitrogens is 4. The average Bonchev–Trinajstić information content (AvgIpc) is 3.22. The van der Waals surface area contributed by atoms with E-state index in [1.54, 1.807) is 55.3 Å². The van der Waals surface area contributed by atoms with Crippen molar-refractivity contribution in [3.63, 3.8) is 0 Å². The lowest BCUT2D eigenvalue weighted by Crippen LogP contribution is -2.43. The first-order valence-corrected chi connectivity index (χ1v) is 13.1. The van der Waals surface area contributed by atoms with Gasteiger partial charge >= 0.3 is 0 Å². The van der Waals surface area contributed by atoms with Crippen LogP contribution in [0.25, 0.3) is 16.6 Å². The Balaban J connectivity index is 1.21. The van der Waals surface area contributed by atoms with Gasteiger partial charge in [-0.3, -0.25) is 19.3 Å². The molecule has 4 heterocycles. The number of benzene rings is 2. The van der Waals surface area contributed by atoms with Gasteiger partial charge in [0.1, 0.15) is 22.9 Å².